The first-order valence-corrected chi connectivity index (χ1v) is 8.76. The molecule has 8 heteroatoms. The number of nitrogens with one attached hydrogen (secondary N) is 3. The van der Waals surface area contributed by atoms with Gasteiger partial charge in [-0.1, -0.05) is 6.92 Å². The van der Waals surface area contributed by atoms with Crippen molar-refractivity contribution in [3.8, 4) is 0 Å². The highest BCUT2D eigenvalue weighted by molar-refractivity contribution is 7.18. The Hall–Kier alpha value is -2.22. The van der Waals surface area contributed by atoms with Gasteiger partial charge in [-0.3, -0.25) is 14.4 Å². The lowest BCUT2D eigenvalue weighted by Gasteiger charge is -2.06. The second-order valence-electron chi connectivity index (χ2n) is 5.60. The highest BCUT2D eigenvalue weighted by Gasteiger charge is 2.12. The Morgan fingerprint density at radius 3 is 2.67 bits per heavy atom. The predicted octanol–water partition coefficient (Wildman–Crippen LogP) is 1.18. The van der Waals surface area contributed by atoms with E-state index in [1.54, 1.807) is 0 Å². The number of nitrogens with zero attached hydrogens (tertiary/aromatic N) is 1. The van der Waals surface area contributed by atoms with Gasteiger partial charge in [0.25, 0.3) is 5.56 Å². The maximum absolute atomic E-state index is 12.2. The number of aromatic nitrogens is 2. The van der Waals surface area contributed by atoms with Crippen molar-refractivity contribution in [3.63, 3.8) is 0 Å². The molecule has 24 heavy (non-hydrogen) atoms. The maximum Gasteiger partial charge on any atom is 0.259 e. The Bertz CT molecular complexity index is 809. The monoisotopic (exact) mass is 350 g/mol. The van der Waals surface area contributed by atoms with Crippen LogP contribution in [0.15, 0.2) is 4.79 Å². The molecule has 0 bridgehead atoms. The molecule has 0 saturated carbocycles. The first-order chi connectivity index (χ1) is 11.4. The molecular formula is C16H22N4O3S. The molecule has 0 aliphatic heterocycles. The number of H-pyrrole nitrogens is 1. The van der Waals surface area contributed by atoms with Crippen LogP contribution in [0.4, 0.5) is 0 Å². The minimum absolute atomic E-state index is 0.0366. The molecule has 0 aliphatic rings. The van der Waals surface area contributed by atoms with Crippen molar-refractivity contribution < 1.29 is 9.59 Å². The number of carbonyl (C=O) groups excluding carboxylic acids is 2. The molecule has 7 nitrogen and oxygen atoms in total. The van der Waals surface area contributed by atoms with Crippen LogP contribution in [0.3, 0.4) is 0 Å². The molecule has 130 valence electrons. The number of aryl methyl sites for hydroxylation is 3. The van der Waals surface area contributed by atoms with Crippen LogP contribution in [0.1, 0.15) is 36.0 Å². The van der Waals surface area contributed by atoms with Crippen molar-refractivity contribution in [2.24, 2.45) is 0 Å². The van der Waals surface area contributed by atoms with Crippen LogP contribution in [-0.2, 0) is 16.0 Å². The van der Waals surface area contributed by atoms with Gasteiger partial charge in [0.15, 0.2) is 0 Å². The molecule has 0 fully saturated rings. The summed E-state index contributed by atoms with van der Waals surface area (Å²) in [6.45, 7) is 6.38. The van der Waals surface area contributed by atoms with E-state index in [-0.39, 0.29) is 30.3 Å². The second kappa shape index (κ2) is 8.05. The molecule has 2 aromatic heterocycles. The van der Waals surface area contributed by atoms with Gasteiger partial charge in [0, 0.05) is 24.3 Å². The molecule has 0 atom stereocenters. The molecule has 0 spiro atoms. The van der Waals surface area contributed by atoms with Gasteiger partial charge >= 0.3 is 0 Å². The molecule has 0 aromatic carbocycles. The molecule has 2 heterocycles. The zero-order valence-corrected chi connectivity index (χ0v) is 14.9. The Morgan fingerprint density at radius 2 is 1.96 bits per heavy atom. The average Bonchev–Trinajstić information content (AvgIpc) is 2.83. The highest BCUT2D eigenvalue weighted by atomic mass is 32.1. The first-order valence-electron chi connectivity index (χ1n) is 7.94. The van der Waals surface area contributed by atoms with Gasteiger partial charge in [0.1, 0.15) is 10.7 Å². The van der Waals surface area contributed by atoms with Crippen LogP contribution in [0, 0.1) is 13.8 Å². The summed E-state index contributed by atoms with van der Waals surface area (Å²) >= 11 is 1.48. The average molecular weight is 350 g/mol. The third-order valence-electron chi connectivity index (χ3n) is 3.70. The molecule has 2 rings (SSSR count). The Morgan fingerprint density at radius 1 is 1.21 bits per heavy atom. The summed E-state index contributed by atoms with van der Waals surface area (Å²) in [6, 6.07) is 0. The number of fused-ring (bicyclic) bond motifs is 1. The molecule has 0 radical (unpaired) electrons. The van der Waals surface area contributed by atoms with Gasteiger partial charge in [-0.2, -0.15) is 0 Å². The standard InChI is InChI=1S/C16H22N4O3S/c1-4-7-17-13(22)8-18-12(21)6-5-11-19-15(23)14-9(2)10(3)24-16(14)20-11/h4-8H2,1-3H3,(H,17,22)(H,18,21)(H,19,20,23). The summed E-state index contributed by atoms with van der Waals surface area (Å²) in [5.74, 6) is 0.0324. The van der Waals surface area contributed by atoms with Gasteiger partial charge in [-0.05, 0) is 25.8 Å². The van der Waals surface area contributed by atoms with E-state index < -0.39 is 0 Å². The number of aromatic amines is 1. The van der Waals surface area contributed by atoms with Crippen LogP contribution in [-0.4, -0.2) is 34.9 Å². The van der Waals surface area contributed by atoms with Gasteiger partial charge in [0.05, 0.1) is 11.9 Å². The van der Waals surface area contributed by atoms with E-state index in [0.717, 1.165) is 16.9 Å². The van der Waals surface area contributed by atoms with Crippen molar-refractivity contribution in [1.82, 2.24) is 20.6 Å². The molecule has 0 aliphatic carbocycles. The van der Waals surface area contributed by atoms with Crippen LogP contribution in [0.25, 0.3) is 10.2 Å². The summed E-state index contributed by atoms with van der Waals surface area (Å²) in [4.78, 5) is 44.3. The lowest BCUT2D eigenvalue weighted by molar-refractivity contribution is -0.126. The van der Waals surface area contributed by atoms with Crippen LogP contribution < -0.4 is 16.2 Å². The van der Waals surface area contributed by atoms with E-state index in [0.29, 0.717) is 29.0 Å². The highest BCUT2D eigenvalue weighted by Crippen LogP contribution is 2.25. The molecule has 2 aromatic rings. The molecule has 2 amide bonds. The number of hydrogen-bond donors (Lipinski definition) is 3. The fraction of sp³-hybridized carbons (Fsp3) is 0.500. The molecule has 3 N–H and O–H groups in total. The van der Waals surface area contributed by atoms with Crippen LogP contribution in [0.5, 0.6) is 0 Å². The summed E-state index contributed by atoms with van der Waals surface area (Å²) in [5.41, 5.74) is 0.780. The minimum atomic E-state index is -0.247. The lowest BCUT2D eigenvalue weighted by atomic mass is 10.2. The SMILES string of the molecule is CCCNC(=O)CNC(=O)CCc1nc2sc(C)c(C)c2c(=O)[nH]1. The fourth-order valence-corrected chi connectivity index (χ4v) is 3.29. The Labute approximate surface area is 143 Å². The number of rotatable bonds is 7. The third kappa shape index (κ3) is 4.41. The van der Waals surface area contributed by atoms with Gasteiger partial charge in [0.2, 0.25) is 11.8 Å². The first kappa shape index (κ1) is 18.1. The lowest BCUT2D eigenvalue weighted by Crippen LogP contribution is -2.37. The molecule has 0 saturated heterocycles. The van der Waals surface area contributed by atoms with Crippen molar-refractivity contribution in [2.45, 2.75) is 40.0 Å². The van der Waals surface area contributed by atoms with Crippen LogP contribution in [0.2, 0.25) is 0 Å². The zero-order valence-electron chi connectivity index (χ0n) is 14.1. The van der Waals surface area contributed by atoms with E-state index in [9.17, 15) is 14.4 Å². The van der Waals surface area contributed by atoms with Crippen molar-refractivity contribution >= 4 is 33.4 Å². The smallest absolute Gasteiger partial charge is 0.259 e. The predicted molar refractivity (Wildman–Crippen MR) is 94.3 cm³/mol. The van der Waals surface area contributed by atoms with E-state index in [1.165, 1.54) is 11.3 Å². The Balaban J connectivity index is 1.92. The van der Waals surface area contributed by atoms with Gasteiger partial charge in [-0.25, -0.2) is 4.98 Å². The number of thiophene rings is 1. The summed E-state index contributed by atoms with van der Waals surface area (Å²) < 4.78 is 0. The number of amides is 2. The topological polar surface area (TPSA) is 104 Å². The van der Waals surface area contributed by atoms with Crippen molar-refractivity contribution in [2.75, 3.05) is 13.1 Å². The minimum Gasteiger partial charge on any atom is -0.355 e. The molecule has 0 unspecified atom stereocenters. The van der Waals surface area contributed by atoms with Crippen molar-refractivity contribution in [1.29, 1.82) is 0 Å². The fourth-order valence-electron chi connectivity index (χ4n) is 2.24. The number of carbonyl (C=O) groups is 2. The zero-order chi connectivity index (χ0) is 17.7. The van der Waals surface area contributed by atoms with E-state index in [2.05, 4.69) is 20.6 Å². The normalized spacial score (nSPS) is 10.8. The van der Waals surface area contributed by atoms with Crippen LogP contribution >= 0.6 is 11.3 Å². The van der Waals surface area contributed by atoms with Crippen molar-refractivity contribution in [3.05, 3.63) is 26.6 Å². The third-order valence-corrected chi connectivity index (χ3v) is 4.80. The van der Waals surface area contributed by atoms with Gasteiger partial charge < -0.3 is 15.6 Å². The number of hydrogen-bond acceptors (Lipinski definition) is 5. The summed E-state index contributed by atoms with van der Waals surface area (Å²) in [5, 5.41) is 5.87. The summed E-state index contributed by atoms with van der Waals surface area (Å²) in [7, 11) is 0. The second-order valence-corrected chi connectivity index (χ2v) is 6.81. The maximum atomic E-state index is 12.2. The van der Waals surface area contributed by atoms with E-state index >= 15 is 0 Å². The quantitative estimate of drug-likeness (QED) is 0.697. The largest absolute Gasteiger partial charge is 0.355 e. The molecular weight excluding hydrogens is 328 g/mol. The van der Waals surface area contributed by atoms with E-state index in [4.69, 9.17) is 0 Å². The Kier molecular flexibility index (Phi) is 6.08. The summed E-state index contributed by atoms with van der Waals surface area (Å²) in [6.07, 6.45) is 1.34. The van der Waals surface area contributed by atoms with Gasteiger partial charge in [-0.15, -0.1) is 11.3 Å². The van der Waals surface area contributed by atoms with E-state index in [1.807, 2.05) is 20.8 Å².